The number of carbonyl (C=O) groups is 2. The summed E-state index contributed by atoms with van der Waals surface area (Å²) in [4.78, 5) is 34.5. The Morgan fingerprint density at radius 2 is 1.68 bits per heavy atom. The van der Waals surface area contributed by atoms with E-state index in [1.165, 1.54) is 24.3 Å². The molecular formula is C16H9NO5. The lowest BCUT2D eigenvalue weighted by molar-refractivity contribution is -0.384. The van der Waals surface area contributed by atoms with Crippen LogP contribution in [0.4, 0.5) is 5.69 Å². The predicted molar refractivity (Wildman–Crippen MR) is 76.9 cm³/mol. The van der Waals surface area contributed by atoms with Crippen LogP contribution in [0.3, 0.4) is 0 Å². The molecule has 0 saturated heterocycles. The molecule has 0 bridgehead atoms. The minimum atomic E-state index is -0.565. The lowest BCUT2D eigenvalue weighted by Gasteiger charge is -2.15. The summed E-state index contributed by atoms with van der Waals surface area (Å²) in [5, 5.41) is 10.7. The lowest BCUT2D eigenvalue weighted by atomic mass is 9.94. The number of fused-ring (bicyclic) bond motifs is 1. The number of rotatable bonds is 3. The molecule has 0 aliphatic heterocycles. The highest BCUT2D eigenvalue weighted by molar-refractivity contribution is 6.23. The third-order valence-corrected chi connectivity index (χ3v) is 3.18. The van der Waals surface area contributed by atoms with Gasteiger partial charge in [0.25, 0.3) is 5.69 Å². The van der Waals surface area contributed by atoms with Crippen LogP contribution in [0.2, 0.25) is 0 Å². The van der Waals surface area contributed by atoms with Crippen molar-refractivity contribution in [3.63, 3.8) is 0 Å². The number of ether oxygens (including phenoxy) is 1. The maximum absolute atomic E-state index is 12.3. The van der Waals surface area contributed by atoms with Crippen molar-refractivity contribution in [2.75, 3.05) is 0 Å². The molecule has 0 heterocycles. The highest BCUT2D eigenvalue weighted by atomic mass is 16.6. The first-order chi connectivity index (χ1) is 10.6. The second-order valence-corrected chi connectivity index (χ2v) is 4.60. The largest absolute Gasteiger partial charge is 0.453 e. The average Bonchev–Trinajstić information content (AvgIpc) is 2.52. The van der Waals surface area contributed by atoms with Crippen LogP contribution in [-0.2, 0) is 0 Å². The molecule has 0 amide bonds. The first kappa shape index (κ1) is 13.7. The fourth-order valence-electron chi connectivity index (χ4n) is 2.15. The molecular weight excluding hydrogens is 286 g/mol. The molecule has 108 valence electrons. The van der Waals surface area contributed by atoms with E-state index in [2.05, 4.69) is 0 Å². The summed E-state index contributed by atoms with van der Waals surface area (Å²) in [5.74, 6) is -0.789. The molecule has 3 rings (SSSR count). The van der Waals surface area contributed by atoms with E-state index in [1.807, 2.05) is 0 Å². The fourth-order valence-corrected chi connectivity index (χ4v) is 2.15. The van der Waals surface area contributed by atoms with Crippen molar-refractivity contribution in [1.29, 1.82) is 0 Å². The highest BCUT2D eigenvalue weighted by Crippen LogP contribution is 2.26. The molecule has 0 aromatic heterocycles. The van der Waals surface area contributed by atoms with Gasteiger partial charge in [-0.3, -0.25) is 19.7 Å². The molecule has 0 saturated carbocycles. The Labute approximate surface area is 124 Å². The molecule has 2 aromatic rings. The van der Waals surface area contributed by atoms with E-state index in [-0.39, 0.29) is 28.5 Å². The SMILES string of the molecule is O=C1C=C(Oc2cccc([N+](=O)[O-])c2)C(=O)c2ccccc21. The minimum Gasteiger partial charge on any atom is -0.453 e. The van der Waals surface area contributed by atoms with Crippen molar-refractivity contribution in [2.24, 2.45) is 0 Å². The average molecular weight is 295 g/mol. The summed E-state index contributed by atoms with van der Waals surface area (Å²) in [5.41, 5.74) is 0.419. The van der Waals surface area contributed by atoms with Crippen molar-refractivity contribution >= 4 is 17.3 Å². The van der Waals surface area contributed by atoms with Crippen LogP contribution in [0.15, 0.2) is 60.4 Å². The van der Waals surface area contributed by atoms with Gasteiger partial charge >= 0.3 is 0 Å². The first-order valence-electron chi connectivity index (χ1n) is 6.38. The third kappa shape index (κ3) is 2.37. The summed E-state index contributed by atoms with van der Waals surface area (Å²) in [6, 6.07) is 11.9. The Morgan fingerprint density at radius 1 is 0.955 bits per heavy atom. The second kappa shape index (κ2) is 5.25. The molecule has 0 atom stereocenters. The summed E-state index contributed by atoms with van der Waals surface area (Å²) >= 11 is 0. The zero-order valence-corrected chi connectivity index (χ0v) is 11.2. The van der Waals surface area contributed by atoms with Crippen LogP contribution in [-0.4, -0.2) is 16.5 Å². The molecule has 0 fully saturated rings. The van der Waals surface area contributed by atoms with Gasteiger partial charge in [-0.15, -0.1) is 0 Å². The number of nitro groups is 1. The monoisotopic (exact) mass is 295 g/mol. The topological polar surface area (TPSA) is 86.5 Å². The van der Waals surface area contributed by atoms with Gasteiger partial charge in [0, 0.05) is 23.3 Å². The van der Waals surface area contributed by atoms with Crippen molar-refractivity contribution in [3.05, 3.63) is 81.6 Å². The fraction of sp³-hybridized carbons (Fsp3) is 0. The van der Waals surface area contributed by atoms with Gasteiger partial charge in [-0.1, -0.05) is 30.3 Å². The smallest absolute Gasteiger partial charge is 0.273 e. The highest BCUT2D eigenvalue weighted by Gasteiger charge is 2.27. The molecule has 2 aromatic carbocycles. The molecule has 1 aliphatic rings. The van der Waals surface area contributed by atoms with Crippen LogP contribution < -0.4 is 4.74 Å². The van der Waals surface area contributed by atoms with E-state index in [0.29, 0.717) is 5.56 Å². The number of hydrogen-bond donors (Lipinski definition) is 0. The van der Waals surface area contributed by atoms with E-state index in [4.69, 9.17) is 4.74 Å². The first-order valence-corrected chi connectivity index (χ1v) is 6.38. The van der Waals surface area contributed by atoms with Crippen LogP contribution in [0, 0.1) is 10.1 Å². The molecule has 1 aliphatic carbocycles. The molecule has 22 heavy (non-hydrogen) atoms. The standard InChI is InChI=1S/C16H9NO5/c18-14-9-15(16(19)13-7-2-1-6-12(13)14)22-11-5-3-4-10(8-11)17(20)21/h1-9H. The van der Waals surface area contributed by atoms with E-state index in [1.54, 1.807) is 24.3 Å². The van der Waals surface area contributed by atoms with E-state index < -0.39 is 10.7 Å². The van der Waals surface area contributed by atoms with Crippen molar-refractivity contribution in [3.8, 4) is 5.75 Å². The number of ketones is 2. The van der Waals surface area contributed by atoms with Crippen molar-refractivity contribution < 1.29 is 19.2 Å². The number of non-ortho nitro benzene ring substituents is 1. The van der Waals surface area contributed by atoms with Crippen LogP contribution in [0.5, 0.6) is 5.75 Å². The maximum Gasteiger partial charge on any atom is 0.273 e. The number of hydrogen-bond acceptors (Lipinski definition) is 5. The normalized spacial score (nSPS) is 13.4. The Bertz CT molecular complexity index is 838. The summed E-state index contributed by atoms with van der Waals surface area (Å²) in [6.07, 6.45) is 1.10. The number of benzene rings is 2. The molecule has 6 heteroatoms. The maximum atomic E-state index is 12.3. The van der Waals surface area contributed by atoms with Crippen LogP contribution in [0.25, 0.3) is 0 Å². The van der Waals surface area contributed by atoms with Crippen molar-refractivity contribution in [2.45, 2.75) is 0 Å². The third-order valence-electron chi connectivity index (χ3n) is 3.18. The molecule has 0 spiro atoms. The molecule has 0 radical (unpaired) electrons. The van der Waals surface area contributed by atoms with Gasteiger partial charge in [0.1, 0.15) is 5.75 Å². The van der Waals surface area contributed by atoms with Gasteiger partial charge < -0.3 is 4.74 Å². The Balaban J connectivity index is 1.94. The van der Waals surface area contributed by atoms with E-state index >= 15 is 0 Å². The van der Waals surface area contributed by atoms with E-state index in [0.717, 1.165) is 6.08 Å². The summed E-state index contributed by atoms with van der Waals surface area (Å²) < 4.78 is 5.37. The second-order valence-electron chi connectivity index (χ2n) is 4.60. The number of carbonyl (C=O) groups excluding carboxylic acids is 2. The lowest BCUT2D eigenvalue weighted by Crippen LogP contribution is -2.20. The molecule has 0 N–H and O–H groups in total. The quantitative estimate of drug-likeness (QED) is 0.641. The van der Waals surface area contributed by atoms with E-state index in [9.17, 15) is 19.7 Å². The minimum absolute atomic E-state index is 0.126. The van der Waals surface area contributed by atoms with Gasteiger partial charge in [-0.05, 0) is 6.07 Å². The Morgan fingerprint density at radius 3 is 2.41 bits per heavy atom. The van der Waals surface area contributed by atoms with Gasteiger partial charge in [-0.2, -0.15) is 0 Å². The van der Waals surface area contributed by atoms with Gasteiger partial charge in [0.15, 0.2) is 11.5 Å². The number of allylic oxidation sites excluding steroid dienone is 2. The molecule has 6 nitrogen and oxygen atoms in total. The van der Waals surface area contributed by atoms with Crippen LogP contribution >= 0.6 is 0 Å². The van der Waals surface area contributed by atoms with Gasteiger partial charge in [-0.25, -0.2) is 0 Å². The Hall–Kier alpha value is -3.28. The summed E-state index contributed by atoms with van der Waals surface area (Å²) in [7, 11) is 0. The van der Waals surface area contributed by atoms with Crippen LogP contribution in [0.1, 0.15) is 20.7 Å². The number of nitrogens with zero attached hydrogens (tertiary/aromatic N) is 1. The van der Waals surface area contributed by atoms with Crippen molar-refractivity contribution in [1.82, 2.24) is 0 Å². The summed E-state index contributed by atoms with van der Waals surface area (Å²) in [6.45, 7) is 0. The van der Waals surface area contributed by atoms with Gasteiger partial charge in [0.05, 0.1) is 11.0 Å². The molecule has 0 unspecified atom stereocenters. The zero-order chi connectivity index (χ0) is 15.7. The zero-order valence-electron chi connectivity index (χ0n) is 11.2. The Kier molecular flexibility index (Phi) is 3.27. The van der Waals surface area contributed by atoms with Gasteiger partial charge in [0.2, 0.25) is 5.78 Å². The predicted octanol–water partition coefficient (Wildman–Crippen LogP) is 2.94. The number of nitro benzene ring substituents is 1. The number of Topliss-reactive ketones (excluding diaryl/α,β-unsaturated/α-hetero) is 1.